The van der Waals surface area contributed by atoms with Crippen molar-refractivity contribution in [3.05, 3.63) is 45.8 Å². The van der Waals surface area contributed by atoms with Crippen LogP contribution < -0.4 is 10.5 Å². The number of halogens is 1. The molecule has 21 heavy (non-hydrogen) atoms. The molecule has 0 saturated heterocycles. The van der Waals surface area contributed by atoms with E-state index in [1.807, 2.05) is 19.9 Å². The second kappa shape index (κ2) is 5.82. The normalized spacial score (nSPS) is 13.3. The van der Waals surface area contributed by atoms with Crippen LogP contribution in [0.4, 0.5) is 5.69 Å². The quantitative estimate of drug-likeness (QED) is 0.806. The molecule has 0 radical (unpaired) electrons. The van der Waals surface area contributed by atoms with Crippen LogP contribution >= 0.6 is 15.9 Å². The molecule has 2 rings (SSSR count). The summed E-state index contributed by atoms with van der Waals surface area (Å²) in [5.74, 6) is 1.46. The topological polar surface area (TPSA) is 85.3 Å². The molecule has 0 saturated carbocycles. The standard InChI is InChI=1S/C14H17BrN2O3S/c1-8-6-12(10(3)20-8)9(2)17-21(18,19)11-4-5-13(15)14(16)7-11/h4-7,9,17H,16H2,1-3H3. The molecular formula is C14H17BrN2O3S. The molecule has 7 heteroatoms. The third kappa shape index (κ3) is 3.48. The molecule has 1 aromatic carbocycles. The molecule has 1 atom stereocenters. The molecule has 1 unspecified atom stereocenters. The highest BCUT2D eigenvalue weighted by molar-refractivity contribution is 9.10. The fourth-order valence-corrected chi connectivity index (χ4v) is 3.64. The van der Waals surface area contributed by atoms with Gasteiger partial charge < -0.3 is 10.2 Å². The van der Waals surface area contributed by atoms with Gasteiger partial charge in [-0.25, -0.2) is 13.1 Å². The van der Waals surface area contributed by atoms with Gasteiger partial charge in [0.2, 0.25) is 10.0 Å². The van der Waals surface area contributed by atoms with Crippen LogP contribution in [0.5, 0.6) is 0 Å². The van der Waals surface area contributed by atoms with Gasteiger partial charge in [0.25, 0.3) is 0 Å². The van der Waals surface area contributed by atoms with E-state index in [1.165, 1.54) is 12.1 Å². The maximum atomic E-state index is 12.4. The number of furan rings is 1. The smallest absolute Gasteiger partial charge is 0.241 e. The zero-order valence-corrected chi connectivity index (χ0v) is 14.4. The van der Waals surface area contributed by atoms with E-state index >= 15 is 0 Å². The Morgan fingerprint density at radius 1 is 1.29 bits per heavy atom. The highest BCUT2D eigenvalue weighted by Gasteiger charge is 2.21. The van der Waals surface area contributed by atoms with E-state index in [2.05, 4.69) is 20.7 Å². The Labute approximate surface area is 132 Å². The van der Waals surface area contributed by atoms with E-state index in [0.29, 0.717) is 15.9 Å². The van der Waals surface area contributed by atoms with Crippen LogP contribution in [0, 0.1) is 13.8 Å². The van der Waals surface area contributed by atoms with Crippen LogP contribution in [0.15, 0.2) is 38.1 Å². The average Bonchev–Trinajstić information content (AvgIpc) is 2.71. The van der Waals surface area contributed by atoms with E-state index in [1.54, 1.807) is 13.0 Å². The molecule has 114 valence electrons. The van der Waals surface area contributed by atoms with Crippen LogP contribution in [0.1, 0.15) is 30.0 Å². The van der Waals surface area contributed by atoms with E-state index in [9.17, 15) is 8.42 Å². The molecule has 0 aliphatic rings. The molecule has 3 N–H and O–H groups in total. The fraction of sp³-hybridized carbons (Fsp3) is 0.286. The van der Waals surface area contributed by atoms with Crippen molar-refractivity contribution < 1.29 is 12.8 Å². The summed E-state index contributed by atoms with van der Waals surface area (Å²) in [4.78, 5) is 0.132. The van der Waals surface area contributed by atoms with Crippen LogP contribution in [0.2, 0.25) is 0 Å². The minimum Gasteiger partial charge on any atom is -0.466 e. The van der Waals surface area contributed by atoms with Gasteiger partial charge in [0, 0.05) is 21.8 Å². The Kier molecular flexibility index (Phi) is 4.46. The van der Waals surface area contributed by atoms with Gasteiger partial charge in [-0.05, 0) is 61.0 Å². The van der Waals surface area contributed by atoms with Crippen LogP contribution in [0.25, 0.3) is 0 Å². The number of rotatable bonds is 4. The van der Waals surface area contributed by atoms with Crippen molar-refractivity contribution in [2.24, 2.45) is 0 Å². The SMILES string of the molecule is Cc1cc(C(C)NS(=O)(=O)c2ccc(Br)c(N)c2)c(C)o1. The Morgan fingerprint density at radius 3 is 2.48 bits per heavy atom. The molecular weight excluding hydrogens is 356 g/mol. The van der Waals surface area contributed by atoms with Gasteiger partial charge in [-0.1, -0.05) is 0 Å². The summed E-state index contributed by atoms with van der Waals surface area (Å²) in [6.45, 7) is 5.41. The second-order valence-corrected chi connectivity index (χ2v) is 7.46. The summed E-state index contributed by atoms with van der Waals surface area (Å²) in [5.41, 5.74) is 6.93. The van der Waals surface area contributed by atoms with Gasteiger partial charge in [0.15, 0.2) is 0 Å². The molecule has 1 heterocycles. The Bertz CT molecular complexity index is 769. The first-order chi connectivity index (χ1) is 9.70. The lowest BCUT2D eigenvalue weighted by atomic mass is 10.1. The van der Waals surface area contributed by atoms with Crippen molar-refractivity contribution in [2.45, 2.75) is 31.7 Å². The van der Waals surface area contributed by atoms with Gasteiger partial charge in [0.1, 0.15) is 11.5 Å². The van der Waals surface area contributed by atoms with Crippen LogP contribution in [0.3, 0.4) is 0 Å². The summed E-state index contributed by atoms with van der Waals surface area (Å²) in [7, 11) is -3.65. The lowest BCUT2D eigenvalue weighted by Crippen LogP contribution is -2.27. The zero-order chi connectivity index (χ0) is 15.8. The zero-order valence-electron chi connectivity index (χ0n) is 12.0. The number of hydrogen-bond acceptors (Lipinski definition) is 4. The number of benzene rings is 1. The molecule has 0 aliphatic heterocycles. The molecule has 0 amide bonds. The van der Waals surface area contributed by atoms with E-state index in [-0.39, 0.29) is 4.90 Å². The summed E-state index contributed by atoms with van der Waals surface area (Å²) < 4.78 is 33.5. The Hall–Kier alpha value is -1.31. The van der Waals surface area contributed by atoms with Gasteiger partial charge in [-0.15, -0.1) is 0 Å². The molecule has 1 aromatic heterocycles. The third-order valence-electron chi connectivity index (χ3n) is 3.16. The summed E-state index contributed by atoms with van der Waals surface area (Å²) in [6, 6.07) is 5.98. The molecule has 0 spiro atoms. The van der Waals surface area contributed by atoms with Crippen molar-refractivity contribution >= 4 is 31.6 Å². The number of nitrogens with two attached hydrogens (primary N) is 1. The van der Waals surface area contributed by atoms with Crippen molar-refractivity contribution in [1.29, 1.82) is 0 Å². The Morgan fingerprint density at radius 2 is 1.95 bits per heavy atom. The maximum absolute atomic E-state index is 12.4. The molecule has 0 aliphatic carbocycles. The van der Waals surface area contributed by atoms with Crippen LogP contribution in [-0.2, 0) is 10.0 Å². The molecule has 5 nitrogen and oxygen atoms in total. The predicted molar refractivity (Wildman–Crippen MR) is 85.5 cm³/mol. The van der Waals surface area contributed by atoms with Gasteiger partial charge in [-0.3, -0.25) is 0 Å². The average molecular weight is 373 g/mol. The summed E-state index contributed by atoms with van der Waals surface area (Å²) in [6.07, 6.45) is 0. The monoisotopic (exact) mass is 372 g/mol. The largest absolute Gasteiger partial charge is 0.466 e. The number of sulfonamides is 1. The summed E-state index contributed by atoms with van der Waals surface area (Å²) >= 11 is 3.24. The van der Waals surface area contributed by atoms with Gasteiger partial charge in [0.05, 0.1) is 4.90 Å². The first-order valence-corrected chi connectivity index (χ1v) is 8.62. The minimum atomic E-state index is -3.65. The molecule has 0 fully saturated rings. The van der Waals surface area contributed by atoms with Crippen molar-refractivity contribution in [3.8, 4) is 0 Å². The van der Waals surface area contributed by atoms with Gasteiger partial charge >= 0.3 is 0 Å². The van der Waals surface area contributed by atoms with Crippen LogP contribution in [-0.4, -0.2) is 8.42 Å². The van der Waals surface area contributed by atoms with Crippen molar-refractivity contribution in [2.75, 3.05) is 5.73 Å². The van der Waals surface area contributed by atoms with E-state index in [4.69, 9.17) is 10.2 Å². The summed E-state index contributed by atoms with van der Waals surface area (Å²) in [5, 5.41) is 0. The highest BCUT2D eigenvalue weighted by Crippen LogP contribution is 2.26. The third-order valence-corrected chi connectivity index (χ3v) is 5.42. The van der Waals surface area contributed by atoms with E-state index < -0.39 is 16.1 Å². The predicted octanol–water partition coefficient (Wildman–Crippen LogP) is 3.28. The maximum Gasteiger partial charge on any atom is 0.241 e. The fourth-order valence-electron chi connectivity index (χ4n) is 2.13. The second-order valence-electron chi connectivity index (χ2n) is 4.89. The number of nitrogens with one attached hydrogen (secondary N) is 1. The first-order valence-electron chi connectivity index (χ1n) is 6.35. The van der Waals surface area contributed by atoms with Gasteiger partial charge in [-0.2, -0.15) is 0 Å². The van der Waals surface area contributed by atoms with Crippen molar-refractivity contribution in [1.82, 2.24) is 4.72 Å². The Balaban J connectivity index is 2.28. The highest BCUT2D eigenvalue weighted by atomic mass is 79.9. The molecule has 2 aromatic rings. The van der Waals surface area contributed by atoms with Crippen molar-refractivity contribution in [3.63, 3.8) is 0 Å². The number of nitrogen functional groups attached to an aromatic ring is 1. The lowest BCUT2D eigenvalue weighted by molar-refractivity contribution is 0.496. The number of anilines is 1. The number of hydrogen-bond donors (Lipinski definition) is 2. The lowest BCUT2D eigenvalue weighted by Gasteiger charge is -2.14. The number of aryl methyl sites for hydroxylation is 2. The first kappa shape index (κ1) is 16.1. The minimum absolute atomic E-state index is 0.132. The van der Waals surface area contributed by atoms with E-state index in [0.717, 1.165) is 11.3 Å². The molecule has 0 bridgehead atoms.